The molecule has 6 aromatic rings. The Morgan fingerprint density at radius 2 is 0.685 bits per heavy atom. The van der Waals surface area contributed by atoms with Crippen molar-refractivity contribution in [3.63, 3.8) is 0 Å². The average Bonchev–Trinajstić information content (AvgIpc) is 3.21. The molecule has 8 nitrogen and oxygen atoms in total. The number of carbonyl (C=O) groups is 6. The Morgan fingerprint density at radius 1 is 0.370 bits per heavy atom. The van der Waals surface area contributed by atoms with Crippen LogP contribution in [0.5, 0.6) is 0 Å². The van der Waals surface area contributed by atoms with E-state index in [9.17, 15) is 28.8 Å². The molecule has 0 spiro atoms. The normalized spacial score (nSPS) is 12.7. The van der Waals surface area contributed by atoms with E-state index in [0.29, 0.717) is 0 Å². The molecule has 0 bridgehead atoms. The minimum absolute atomic E-state index is 0.00423. The van der Waals surface area contributed by atoms with E-state index in [-0.39, 0.29) is 90.3 Å². The molecule has 2 aliphatic carbocycles. The second kappa shape index (κ2) is 14.6. The third-order valence-electron chi connectivity index (χ3n) is 9.22. The third kappa shape index (κ3) is 6.35. The average molecular weight is 745 g/mol. The minimum Gasteiger partial charge on any atom is -0.325 e. The monoisotopic (exact) mass is 744 g/mol. The van der Waals surface area contributed by atoms with Gasteiger partial charge in [0, 0.05) is 43.2 Å². The molecule has 0 radical (unpaired) electrons. The quantitative estimate of drug-likeness (QED) is 0.141. The highest BCUT2D eigenvalue weighted by Crippen LogP contribution is 2.43. The zero-order chi connectivity index (χ0) is 37.3. The number of rotatable bonds is 9. The zero-order valence-electron chi connectivity index (χ0n) is 28.4. The lowest BCUT2D eigenvalue weighted by Gasteiger charge is -2.26. The van der Waals surface area contributed by atoms with Crippen LogP contribution >= 0.6 is 23.5 Å². The van der Waals surface area contributed by atoms with Gasteiger partial charge in [-0.3, -0.25) is 28.8 Å². The van der Waals surface area contributed by atoms with Crippen LogP contribution in [0.15, 0.2) is 143 Å². The third-order valence-corrected chi connectivity index (χ3v) is 11.2. The standard InChI is InChI=1S/C44H28N2O6S2/c47-35(23-53-25-11-3-1-4-12-25)45-33-21-19-27(37-39(33)43(51)31-17-9-7-15-29(31)41(37)49)28-20-22-34(46-36(48)24-54-26-13-5-2-6-14-26)40-38(28)42(50)30-16-8-10-18-32(30)44(40)52/h1-22H,23-24H2,(H,45,47)(H,46,48). The van der Waals surface area contributed by atoms with Crippen LogP contribution in [0, 0.1) is 0 Å². The molecule has 0 heterocycles. The minimum atomic E-state index is -0.469. The number of fused-ring (bicyclic) bond motifs is 4. The second-order valence-electron chi connectivity index (χ2n) is 12.5. The van der Waals surface area contributed by atoms with Gasteiger partial charge in [-0.15, -0.1) is 23.5 Å². The van der Waals surface area contributed by atoms with E-state index >= 15 is 0 Å². The number of amides is 2. The Labute approximate surface area is 318 Å². The predicted octanol–water partition coefficient (Wildman–Crippen LogP) is 8.37. The van der Waals surface area contributed by atoms with Crippen molar-refractivity contribution in [3.8, 4) is 11.1 Å². The summed E-state index contributed by atoms with van der Waals surface area (Å²) in [6, 6.07) is 38.0. The van der Waals surface area contributed by atoms with Crippen LogP contribution in [0.2, 0.25) is 0 Å². The summed E-state index contributed by atoms with van der Waals surface area (Å²) in [5, 5.41) is 5.69. The van der Waals surface area contributed by atoms with Crippen molar-refractivity contribution in [2.45, 2.75) is 9.79 Å². The molecule has 0 fully saturated rings. The number of nitrogens with one attached hydrogen (secondary N) is 2. The van der Waals surface area contributed by atoms with E-state index in [0.717, 1.165) is 9.79 Å². The predicted molar refractivity (Wildman–Crippen MR) is 210 cm³/mol. The summed E-state index contributed by atoms with van der Waals surface area (Å²) < 4.78 is 0. The fourth-order valence-electron chi connectivity index (χ4n) is 6.81. The molecule has 0 aliphatic heterocycles. The van der Waals surface area contributed by atoms with Gasteiger partial charge >= 0.3 is 0 Å². The summed E-state index contributed by atoms with van der Waals surface area (Å²) in [7, 11) is 0. The summed E-state index contributed by atoms with van der Waals surface area (Å²) in [4.78, 5) is 85.7. The molecule has 2 amide bonds. The number of anilines is 2. The van der Waals surface area contributed by atoms with Gasteiger partial charge in [0.1, 0.15) is 0 Å². The number of benzene rings is 6. The molecule has 0 unspecified atom stereocenters. The lowest BCUT2D eigenvalue weighted by atomic mass is 9.75. The van der Waals surface area contributed by atoms with Crippen molar-refractivity contribution in [3.05, 3.63) is 178 Å². The van der Waals surface area contributed by atoms with Gasteiger partial charge in [0.05, 0.1) is 34.0 Å². The highest BCUT2D eigenvalue weighted by molar-refractivity contribution is 8.00. The highest BCUT2D eigenvalue weighted by atomic mass is 32.2. The maximum absolute atomic E-state index is 14.4. The first-order valence-corrected chi connectivity index (χ1v) is 18.9. The highest BCUT2D eigenvalue weighted by Gasteiger charge is 2.38. The van der Waals surface area contributed by atoms with Crippen LogP contribution in [0.4, 0.5) is 11.4 Å². The first kappa shape index (κ1) is 34.7. The lowest BCUT2D eigenvalue weighted by molar-refractivity contribution is -0.114. The molecular weight excluding hydrogens is 717 g/mol. The number of hydrogen-bond donors (Lipinski definition) is 2. The molecule has 2 N–H and O–H groups in total. The SMILES string of the molecule is O=C(CSc1ccccc1)Nc1ccc(-c2ccc(NC(=O)CSc3ccccc3)c3c2C(=O)c2ccccc2C3=O)c2c1C(=O)c1ccccc1C2=O. The van der Waals surface area contributed by atoms with Crippen LogP contribution in [0.1, 0.15) is 63.7 Å². The fourth-order valence-corrected chi connectivity index (χ4v) is 8.25. The van der Waals surface area contributed by atoms with Crippen LogP contribution in [-0.4, -0.2) is 46.5 Å². The first-order chi connectivity index (χ1) is 26.3. The van der Waals surface area contributed by atoms with E-state index < -0.39 is 23.1 Å². The Hall–Kier alpha value is -6.36. The number of ketones is 4. The van der Waals surface area contributed by atoms with Crippen molar-refractivity contribution < 1.29 is 28.8 Å². The Kier molecular flexibility index (Phi) is 9.37. The maximum Gasteiger partial charge on any atom is 0.234 e. The smallest absolute Gasteiger partial charge is 0.234 e. The van der Waals surface area contributed by atoms with Gasteiger partial charge in [-0.1, -0.05) is 97.1 Å². The number of hydrogen-bond acceptors (Lipinski definition) is 8. The summed E-state index contributed by atoms with van der Waals surface area (Å²) >= 11 is 2.66. The second-order valence-corrected chi connectivity index (χ2v) is 14.6. The Bertz CT molecular complexity index is 2390. The van der Waals surface area contributed by atoms with Crippen molar-refractivity contribution >= 4 is 69.8 Å². The van der Waals surface area contributed by atoms with E-state index in [2.05, 4.69) is 10.6 Å². The van der Waals surface area contributed by atoms with E-state index in [1.54, 1.807) is 72.8 Å². The first-order valence-electron chi connectivity index (χ1n) is 17.0. The molecule has 0 atom stereocenters. The van der Waals surface area contributed by atoms with Crippen LogP contribution in [-0.2, 0) is 9.59 Å². The maximum atomic E-state index is 14.4. The van der Waals surface area contributed by atoms with Gasteiger partial charge in [0.25, 0.3) is 0 Å². The molecular formula is C44H28N2O6S2. The summed E-state index contributed by atoms with van der Waals surface area (Å²) in [5.41, 5.74) is 1.53. The summed E-state index contributed by atoms with van der Waals surface area (Å²) in [6.07, 6.45) is 0. The zero-order valence-corrected chi connectivity index (χ0v) is 30.0. The molecule has 8 rings (SSSR count). The summed E-state index contributed by atoms with van der Waals surface area (Å²) in [6.45, 7) is 0. The van der Waals surface area contributed by atoms with Gasteiger partial charge in [-0.05, 0) is 47.5 Å². The van der Waals surface area contributed by atoms with Gasteiger partial charge in [0.2, 0.25) is 11.8 Å². The number of carbonyl (C=O) groups excluding carboxylic acids is 6. The van der Waals surface area contributed by atoms with Crippen molar-refractivity contribution in [2.24, 2.45) is 0 Å². The molecule has 6 aromatic carbocycles. The van der Waals surface area contributed by atoms with Gasteiger partial charge in [-0.2, -0.15) is 0 Å². The summed E-state index contributed by atoms with van der Waals surface area (Å²) in [5.74, 6) is -2.51. The fraction of sp³-hybridized carbons (Fsp3) is 0.0455. The molecule has 0 aromatic heterocycles. The lowest BCUT2D eigenvalue weighted by Crippen LogP contribution is -2.27. The van der Waals surface area contributed by atoms with E-state index in [1.165, 1.54) is 23.5 Å². The largest absolute Gasteiger partial charge is 0.325 e. The topological polar surface area (TPSA) is 126 Å². The molecule has 0 saturated carbocycles. The molecule has 262 valence electrons. The van der Waals surface area contributed by atoms with Crippen molar-refractivity contribution in [1.29, 1.82) is 0 Å². The van der Waals surface area contributed by atoms with Crippen LogP contribution < -0.4 is 10.6 Å². The van der Waals surface area contributed by atoms with Gasteiger partial charge in [-0.25, -0.2) is 0 Å². The number of thioether (sulfide) groups is 2. The van der Waals surface area contributed by atoms with Crippen molar-refractivity contribution in [2.75, 3.05) is 22.1 Å². The van der Waals surface area contributed by atoms with Gasteiger partial charge < -0.3 is 10.6 Å². The van der Waals surface area contributed by atoms with E-state index in [4.69, 9.17) is 0 Å². The van der Waals surface area contributed by atoms with Gasteiger partial charge in [0.15, 0.2) is 23.1 Å². The molecule has 54 heavy (non-hydrogen) atoms. The van der Waals surface area contributed by atoms with E-state index in [1.807, 2.05) is 60.7 Å². The van der Waals surface area contributed by atoms with Crippen molar-refractivity contribution in [1.82, 2.24) is 0 Å². The molecule has 10 heteroatoms. The molecule has 2 aliphatic rings. The van der Waals surface area contributed by atoms with Crippen LogP contribution in [0.3, 0.4) is 0 Å². The Balaban J connectivity index is 1.24. The Morgan fingerprint density at radius 3 is 1.04 bits per heavy atom. The molecule has 0 saturated heterocycles. The van der Waals surface area contributed by atoms with Crippen LogP contribution in [0.25, 0.3) is 11.1 Å².